The smallest absolute Gasteiger partial charge is 0.117 e. The first kappa shape index (κ1) is 14.0. The van der Waals surface area contributed by atoms with Crippen molar-refractivity contribution in [1.82, 2.24) is 0 Å². The van der Waals surface area contributed by atoms with Crippen molar-refractivity contribution in [3.63, 3.8) is 0 Å². The molecule has 3 aromatic rings. The zero-order chi connectivity index (χ0) is 15.4. The van der Waals surface area contributed by atoms with Gasteiger partial charge in [-0.25, -0.2) is 0 Å². The Bertz CT molecular complexity index is 711. The third-order valence-corrected chi connectivity index (χ3v) is 3.47. The van der Waals surface area contributed by atoms with Crippen LogP contribution in [0.3, 0.4) is 0 Å². The van der Waals surface area contributed by atoms with Gasteiger partial charge in [-0.2, -0.15) is 0 Å². The van der Waals surface area contributed by atoms with E-state index in [-0.39, 0.29) is 11.5 Å². The van der Waals surface area contributed by atoms with E-state index >= 15 is 0 Å². The second-order valence-corrected chi connectivity index (χ2v) is 5.11. The highest BCUT2D eigenvalue weighted by atomic mass is 16.3. The molecule has 0 aliphatic heterocycles. The number of phenols is 2. The average Bonchev–Trinajstić information content (AvgIpc) is 2.53. The molecule has 0 saturated carbocycles. The minimum atomic E-state index is 0.218. The lowest BCUT2D eigenvalue weighted by Crippen LogP contribution is -2.16. The van der Waals surface area contributed by atoms with Crippen molar-refractivity contribution < 1.29 is 10.2 Å². The molecule has 0 aromatic heterocycles. The van der Waals surface area contributed by atoms with Crippen molar-refractivity contribution >= 4 is 11.4 Å². The summed E-state index contributed by atoms with van der Waals surface area (Å²) in [5.41, 5.74) is 2.89. The quantitative estimate of drug-likeness (QED) is 0.747. The summed E-state index contributed by atoms with van der Waals surface area (Å²) in [5, 5.41) is 19.5. The highest BCUT2D eigenvalue weighted by molar-refractivity contribution is 5.65. The van der Waals surface area contributed by atoms with Gasteiger partial charge in [0, 0.05) is 30.1 Å². The van der Waals surface area contributed by atoms with Crippen LogP contribution in [0.1, 0.15) is 5.56 Å². The summed E-state index contributed by atoms with van der Waals surface area (Å²) in [6, 6.07) is 24.3. The molecule has 3 nitrogen and oxygen atoms in total. The number of phenolic OH excluding ortho intramolecular Hbond substituents is 2. The number of rotatable bonds is 4. The van der Waals surface area contributed by atoms with Crippen LogP contribution < -0.4 is 4.90 Å². The van der Waals surface area contributed by atoms with Crippen LogP contribution in [0.4, 0.5) is 11.4 Å². The summed E-state index contributed by atoms with van der Waals surface area (Å²) < 4.78 is 0. The van der Waals surface area contributed by atoms with E-state index < -0.39 is 0 Å². The van der Waals surface area contributed by atoms with Crippen LogP contribution in [-0.4, -0.2) is 10.2 Å². The average molecular weight is 291 g/mol. The fourth-order valence-corrected chi connectivity index (χ4v) is 2.42. The molecule has 0 atom stereocenters. The normalized spacial score (nSPS) is 10.4. The maximum atomic E-state index is 9.75. The van der Waals surface area contributed by atoms with Crippen LogP contribution >= 0.6 is 0 Å². The molecule has 0 spiro atoms. The number of aromatic hydroxyl groups is 2. The number of hydrogen-bond donors (Lipinski definition) is 2. The maximum Gasteiger partial charge on any atom is 0.117 e. The van der Waals surface area contributed by atoms with E-state index in [9.17, 15) is 10.2 Å². The monoisotopic (exact) mass is 291 g/mol. The van der Waals surface area contributed by atoms with Crippen LogP contribution in [0, 0.1) is 0 Å². The molecule has 3 aromatic carbocycles. The predicted octanol–water partition coefficient (Wildman–Crippen LogP) is 4.44. The van der Waals surface area contributed by atoms with Gasteiger partial charge in [0.15, 0.2) is 0 Å². The van der Waals surface area contributed by atoms with Crippen LogP contribution in [0.15, 0.2) is 78.9 Å². The van der Waals surface area contributed by atoms with Crippen molar-refractivity contribution in [2.75, 3.05) is 4.90 Å². The summed E-state index contributed by atoms with van der Waals surface area (Å²) in [6.45, 7) is 0.647. The SMILES string of the molecule is Oc1cccc(N(Cc2ccccc2)c2cccc(O)c2)c1. The molecule has 0 aliphatic carbocycles. The standard InChI is InChI=1S/C19H17NO2/c21-18-10-4-8-16(12-18)20(14-15-6-2-1-3-7-15)17-9-5-11-19(22)13-17/h1-13,21-22H,14H2. The van der Waals surface area contributed by atoms with Crippen molar-refractivity contribution in [3.8, 4) is 11.5 Å². The van der Waals surface area contributed by atoms with Gasteiger partial charge in [-0.05, 0) is 29.8 Å². The molecule has 3 rings (SSSR count). The van der Waals surface area contributed by atoms with Crippen LogP contribution in [0.5, 0.6) is 11.5 Å². The van der Waals surface area contributed by atoms with E-state index in [1.807, 2.05) is 42.5 Å². The van der Waals surface area contributed by atoms with Gasteiger partial charge < -0.3 is 15.1 Å². The molecular weight excluding hydrogens is 274 g/mol. The summed E-state index contributed by atoms with van der Waals surface area (Å²) in [7, 11) is 0. The van der Waals surface area contributed by atoms with Crippen LogP contribution in [-0.2, 0) is 6.54 Å². The third kappa shape index (κ3) is 3.20. The molecule has 22 heavy (non-hydrogen) atoms. The molecule has 0 radical (unpaired) electrons. The summed E-state index contributed by atoms with van der Waals surface area (Å²) in [6.07, 6.45) is 0. The second kappa shape index (κ2) is 6.22. The number of hydrogen-bond acceptors (Lipinski definition) is 3. The minimum Gasteiger partial charge on any atom is -0.508 e. The van der Waals surface area contributed by atoms with E-state index in [1.165, 1.54) is 0 Å². The molecule has 3 heteroatoms. The van der Waals surface area contributed by atoms with Crippen molar-refractivity contribution in [2.45, 2.75) is 6.54 Å². The van der Waals surface area contributed by atoms with Gasteiger partial charge >= 0.3 is 0 Å². The highest BCUT2D eigenvalue weighted by Gasteiger charge is 2.11. The molecule has 110 valence electrons. The minimum absolute atomic E-state index is 0.218. The van der Waals surface area contributed by atoms with Gasteiger partial charge in [-0.3, -0.25) is 0 Å². The first-order chi connectivity index (χ1) is 10.7. The first-order valence-corrected chi connectivity index (χ1v) is 7.12. The molecule has 0 unspecified atom stereocenters. The molecule has 0 amide bonds. The third-order valence-electron chi connectivity index (χ3n) is 3.47. The first-order valence-electron chi connectivity index (χ1n) is 7.12. The number of benzene rings is 3. The lowest BCUT2D eigenvalue weighted by molar-refractivity contribution is 0.475. The zero-order valence-electron chi connectivity index (χ0n) is 12.1. The van der Waals surface area contributed by atoms with Crippen LogP contribution in [0.2, 0.25) is 0 Å². The molecule has 0 bridgehead atoms. The summed E-state index contributed by atoms with van der Waals surface area (Å²) in [4.78, 5) is 2.05. The Morgan fingerprint density at radius 1 is 0.636 bits per heavy atom. The Hall–Kier alpha value is -2.94. The Kier molecular flexibility index (Phi) is 3.97. The van der Waals surface area contributed by atoms with E-state index in [4.69, 9.17) is 0 Å². The predicted molar refractivity (Wildman–Crippen MR) is 88.5 cm³/mol. The summed E-state index contributed by atoms with van der Waals surface area (Å²) in [5.74, 6) is 0.437. The van der Waals surface area contributed by atoms with E-state index in [0.29, 0.717) is 6.54 Å². The fourth-order valence-electron chi connectivity index (χ4n) is 2.42. The van der Waals surface area contributed by atoms with Crippen molar-refractivity contribution in [1.29, 1.82) is 0 Å². The lowest BCUT2D eigenvalue weighted by atomic mass is 10.1. The topological polar surface area (TPSA) is 43.7 Å². The van der Waals surface area contributed by atoms with E-state index in [2.05, 4.69) is 17.0 Å². The number of nitrogens with zero attached hydrogens (tertiary/aromatic N) is 1. The molecule has 0 fully saturated rings. The Morgan fingerprint density at radius 3 is 1.68 bits per heavy atom. The Balaban J connectivity index is 2.02. The van der Waals surface area contributed by atoms with Gasteiger partial charge in [0.25, 0.3) is 0 Å². The van der Waals surface area contributed by atoms with E-state index in [1.54, 1.807) is 24.3 Å². The zero-order valence-corrected chi connectivity index (χ0v) is 12.1. The fraction of sp³-hybridized carbons (Fsp3) is 0.0526. The van der Waals surface area contributed by atoms with Gasteiger partial charge in [0.1, 0.15) is 11.5 Å². The van der Waals surface area contributed by atoms with Gasteiger partial charge in [-0.1, -0.05) is 42.5 Å². The van der Waals surface area contributed by atoms with Crippen LogP contribution in [0.25, 0.3) is 0 Å². The molecule has 2 N–H and O–H groups in total. The van der Waals surface area contributed by atoms with E-state index in [0.717, 1.165) is 16.9 Å². The largest absolute Gasteiger partial charge is 0.508 e. The van der Waals surface area contributed by atoms with Crippen molar-refractivity contribution in [3.05, 3.63) is 84.4 Å². The lowest BCUT2D eigenvalue weighted by Gasteiger charge is -2.25. The van der Waals surface area contributed by atoms with Gasteiger partial charge in [0.05, 0.1) is 0 Å². The Labute approximate surface area is 129 Å². The second-order valence-electron chi connectivity index (χ2n) is 5.11. The summed E-state index contributed by atoms with van der Waals surface area (Å²) >= 11 is 0. The number of anilines is 2. The Morgan fingerprint density at radius 2 is 1.18 bits per heavy atom. The molecule has 0 saturated heterocycles. The van der Waals surface area contributed by atoms with Gasteiger partial charge in [0.2, 0.25) is 0 Å². The highest BCUT2D eigenvalue weighted by Crippen LogP contribution is 2.31. The molecular formula is C19H17NO2. The molecule has 0 aliphatic rings. The van der Waals surface area contributed by atoms with Crippen molar-refractivity contribution in [2.24, 2.45) is 0 Å². The van der Waals surface area contributed by atoms with Gasteiger partial charge in [-0.15, -0.1) is 0 Å². The molecule has 0 heterocycles. The maximum absolute atomic E-state index is 9.75.